The van der Waals surface area contributed by atoms with Crippen LogP contribution in [0.2, 0.25) is 5.02 Å². The Morgan fingerprint density at radius 2 is 1.77 bits per heavy atom. The minimum Gasteiger partial charge on any atom is -0.495 e. The first-order valence-electron chi connectivity index (χ1n) is 8.02. The van der Waals surface area contributed by atoms with E-state index in [4.69, 9.17) is 16.3 Å². The van der Waals surface area contributed by atoms with Gasteiger partial charge in [-0.1, -0.05) is 25.4 Å². The average molecular weight is 379 g/mol. The lowest BCUT2D eigenvalue weighted by Crippen LogP contribution is -2.47. The molecule has 2 N–H and O–H groups in total. The van der Waals surface area contributed by atoms with Crippen molar-refractivity contribution in [2.75, 3.05) is 12.4 Å². The second kappa shape index (κ2) is 8.67. The Labute approximate surface area is 156 Å². The monoisotopic (exact) mass is 378 g/mol. The van der Waals surface area contributed by atoms with Crippen LogP contribution in [0.3, 0.4) is 0 Å². The van der Waals surface area contributed by atoms with Crippen molar-refractivity contribution in [3.05, 3.63) is 58.9 Å². The van der Waals surface area contributed by atoms with Gasteiger partial charge in [0.05, 0.1) is 12.1 Å². The number of benzene rings is 2. The van der Waals surface area contributed by atoms with E-state index in [1.807, 2.05) is 13.8 Å². The van der Waals surface area contributed by atoms with Crippen LogP contribution in [0.5, 0.6) is 5.75 Å². The average Bonchev–Trinajstić information content (AvgIpc) is 2.59. The van der Waals surface area contributed by atoms with Crippen molar-refractivity contribution in [3.8, 4) is 5.75 Å². The van der Waals surface area contributed by atoms with Gasteiger partial charge in [-0.3, -0.25) is 9.59 Å². The highest BCUT2D eigenvalue weighted by molar-refractivity contribution is 6.32. The maximum absolute atomic E-state index is 13.0. The van der Waals surface area contributed by atoms with Crippen molar-refractivity contribution in [1.29, 1.82) is 0 Å². The molecule has 2 aromatic carbocycles. The summed E-state index contributed by atoms with van der Waals surface area (Å²) in [5, 5.41) is 5.77. The van der Waals surface area contributed by atoms with Gasteiger partial charge < -0.3 is 15.4 Å². The van der Waals surface area contributed by atoms with E-state index in [0.717, 1.165) is 0 Å². The summed E-state index contributed by atoms with van der Waals surface area (Å²) >= 11 is 6.06. The molecule has 0 saturated heterocycles. The van der Waals surface area contributed by atoms with Crippen LogP contribution >= 0.6 is 11.6 Å². The smallest absolute Gasteiger partial charge is 0.251 e. The molecule has 0 spiro atoms. The summed E-state index contributed by atoms with van der Waals surface area (Å²) < 4.78 is 18.1. The van der Waals surface area contributed by atoms with Crippen LogP contribution in [0.15, 0.2) is 42.5 Å². The topological polar surface area (TPSA) is 67.4 Å². The van der Waals surface area contributed by atoms with Crippen LogP contribution in [-0.4, -0.2) is 25.0 Å². The summed E-state index contributed by atoms with van der Waals surface area (Å²) in [7, 11) is 1.50. The fraction of sp³-hybridized carbons (Fsp3) is 0.263. The minimum absolute atomic E-state index is 0.159. The first kappa shape index (κ1) is 19.7. The van der Waals surface area contributed by atoms with Gasteiger partial charge in [0.2, 0.25) is 5.91 Å². The van der Waals surface area contributed by atoms with Gasteiger partial charge in [-0.15, -0.1) is 0 Å². The predicted octanol–water partition coefficient (Wildman–Crippen LogP) is 3.88. The number of hydrogen-bond donors (Lipinski definition) is 2. The van der Waals surface area contributed by atoms with Gasteiger partial charge in [0.1, 0.15) is 17.6 Å². The van der Waals surface area contributed by atoms with Crippen molar-refractivity contribution in [3.63, 3.8) is 0 Å². The van der Waals surface area contributed by atoms with Crippen molar-refractivity contribution < 1.29 is 18.7 Å². The number of ether oxygens (including phenoxy) is 1. The van der Waals surface area contributed by atoms with E-state index in [2.05, 4.69) is 10.6 Å². The lowest BCUT2D eigenvalue weighted by Gasteiger charge is -2.22. The summed E-state index contributed by atoms with van der Waals surface area (Å²) in [6.45, 7) is 3.63. The van der Waals surface area contributed by atoms with Gasteiger partial charge >= 0.3 is 0 Å². The third kappa shape index (κ3) is 4.95. The zero-order valence-electron chi connectivity index (χ0n) is 14.7. The molecule has 0 saturated carbocycles. The number of carbonyl (C=O) groups is 2. The molecule has 0 radical (unpaired) electrons. The molecule has 5 nitrogen and oxygen atoms in total. The molecule has 0 bridgehead atoms. The molecule has 1 unspecified atom stereocenters. The summed E-state index contributed by atoms with van der Waals surface area (Å²) in [6.07, 6.45) is 0. The number of nitrogens with one attached hydrogen (secondary N) is 2. The van der Waals surface area contributed by atoms with E-state index in [-0.39, 0.29) is 17.4 Å². The fourth-order valence-electron chi connectivity index (χ4n) is 2.32. The summed E-state index contributed by atoms with van der Waals surface area (Å²) in [5.41, 5.74) is 0.764. The Kier molecular flexibility index (Phi) is 6.58. The van der Waals surface area contributed by atoms with E-state index >= 15 is 0 Å². The van der Waals surface area contributed by atoms with E-state index in [1.165, 1.54) is 31.4 Å². The summed E-state index contributed by atoms with van der Waals surface area (Å²) in [4.78, 5) is 24.9. The zero-order chi connectivity index (χ0) is 19.3. The molecular weight excluding hydrogens is 359 g/mol. The van der Waals surface area contributed by atoms with Crippen LogP contribution in [0.25, 0.3) is 0 Å². The number of rotatable bonds is 6. The normalized spacial score (nSPS) is 11.8. The first-order chi connectivity index (χ1) is 12.3. The highest BCUT2D eigenvalue weighted by Crippen LogP contribution is 2.27. The largest absolute Gasteiger partial charge is 0.495 e. The first-order valence-corrected chi connectivity index (χ1v) is 8.40. The Morgan fingerprint density at radius 1 is 1.12 bits per heavy atom. The Hall–Kier alpha value is -2.60. The Morgan fingerprint density at radius 3 is 2.31 bits per heavy atom. The number of anilines is 1. The molecule has 2 aromatic rings. The van der Waals surface area contributed by atoms with Gasteiger partial charge in [0.25, 0.3) is 5.91 Å². The second-order valence-corrected chi connectivity index (χ2v) is 6.45. The number of amides is 2. The van der Waals surface area contributed by atoms with E-state index < -0.39 is 17.8 Å². The predicted molar refractivity (Wildman–Crippen MR) is 99.1 cm³/mol. The lowest BCUT2D eigenvalue weighted by atomic mass is 10.0. The van der Waals surface area contributed by atoms with Crippen molar-refractivity contribution in [2.24, 2.45) is 5.92 Å². The maximum atomic E-state index is 13.0. The van der Waals surface area contributed by atoms with Gasteiger partial charge in [0, 0.05) is 11.3 Å². The van der Waals surface area contributed by atoms with Crippen LogP contribution in [-0.2, 0) is 4.79 Å². The third-order valence-electron chi connectivity index (χ3n) is 3.76. The molecule has 0 aliphatic rings. The maximum Gasteiger partial charge on any atom is 0.251 e. The standard InChI is InChI=1S/C19H20ClFN2O3/c1-11(2)17(23-18(24)12-4-6-13(21)7-5-12)19(25)22-14-8-9-16(26-3)15(20)10-14/h4-11,17H,1-3H3,(H,22,25)(H,23,24). The van der Waals surface area contributed by atoms with Crippen LogP contribution in [0.1, 0.15) is 24.2 Å². The van der Waals surface area contributed by atoms with Crippen molar-refractivity contribution in [2.45, 2.75) is 19.9 Å². The number of methoxy groups -OCH3 is 1. The van der Waals surface area contributed by atoms with Crippen LogP contribution in [0, 0.1) is 11.7 Å². The third-order valence-corrected chi connectivity index (χ3v) is 4.06. The van der Waals surface area contributed by atoms with E-state index in [9.17, 15) is 14.0 Å². The SMILES string of the molecule is COc1ccc(NC(=O)C(NC(=O)c2ccc(F)cc2)C(C)C)cc1Cl. The molecule has 0 aromatic heterocycles. The van der Waals surface area contributed by atoms with Crippen molar-refractivity contribution >= 4 is 29.1 Å². The number of hydrogen-bond acceptors (Lipinski definition) is 3. The molecule has 0 aliphatic carbocycles. The van der Waals surface area contributed by atoms with E-state index in [0.29, 0.717) is 16.5 Å². The Balaban J connectivity index is 2.10. The second-order valence-electron chi connectivity index (χ2n) is 6.04. The molecule has 7 heteroatoms. The molecule has 2 rings (SSSR count). The van der Waals surface area contributed by atoms with Gasteiger partial charge in [-0.25, -0.2) is 4.39 Å². The van der Waals surface area contributed by atoms with Crippen LogP contribution < -0.4 is 15.4 Å². The molecule has 1 atom stereocenters. The van der Waals surface area contributed by atoms with Gasteiger partial charge in [0.15, 0.2) is 0 Å². The van der Waals surface area contributed by atoms with E-state index in [1.54, 1.807) is 18.2 Å². The number of halogens is 2. The molecule has 0 heterocycles. The summed E-state index contributed by atoms with van der Waals surface area (Å²) in [5.74, 6) is -0.929. The highest BCUT2D eigenvalue weighted by atomic mass is 35.5. The molecule has 26 heavy (non-hydrogen) atoms. The van der Waals surface area contributed by atoms with Gasteiger partial charge in [-0.05, 0) is 48.4 Å². The molecule has 0 aliphatic heterocycles. The quantitative estimate of drug-likeness (QED) is 0.801. The molecule has 0 fully saturated rings. The van der Waals surface area contributed by atoms with Crippen LogP contribution in [0.4, 0.5) is 10.1 Å². The number of carbonyl (C=O) groups excluding carboxylic acids is 2. The zero-order valence-corrected chi connectivity index (χ0v) is 15.4. The molecular formula is C19H20ClFN2O3. The minimum atomic E-state index is -0.770. The lowest BCUT2D eigenvalue weighted by molar-refractivity contribution is -0.118. The van der Waals surface area contributed by atoms with Crippen molar-refractivity contribution in [1.82, 2.24) is 5.32 Å². The molecule has 138 valence electrons. The molecule has 2 amide bonds. The fourth-order valence-corrected chi connectivity index (χ4v) is 2.58. The highest BCUT2D eigenvalue weighted by Gasteiger charge is 2.25. The van der Waals surface area contributed by atoms with Gasteiger partial charge in [-0.2, -0.15) is 0 Å². The summed E-state index contributed by atoms with van der Waals surface area (Å²) in [6, 6.07) is 9.20. The Bertz CT molecular complexity index is 794.